The minimum Gasteiger partial charge on any atom is -0.487 e. The number of hydrogen-bond acceptors (Lipinski definition) is 1. The Morgan fingerprint density at radius 3 is 2.50 bits per heavy atom. The van der Waals surface area contributed by atoms with Crippen LogP contribution in [0.4, 0.5) is 8.78 Å². The molecule has 6 heteroatoms. The molecule has 1 nitrogen and oxygen atoms in total. The van der Waals surface area contributed by atoms with Crippen LogP contribution in [-0.2, 0) is 12.5 Å². The first-order valence-corrected chi connectivity index (χ1v) is 7.75. The fraction of sp³-hybridized carbons (Fsp3) is 0.143. The number of alkyl halides is 1. The highest BCUT2D eigenvalue weighted by molar-refractivity contribution is 9.10. The topological polar surface area (TPSA) is 9.23 Å². The van der Waals surface area contributed by atoms with Gasteiger partial charge in [-0.25, -0.2) is 8.78 Å². The molecule has 0 N–H and O–H groups in total. The first kappa shape index (κ1) is 15.7. The van der Waals surface area contributed by atoms with Crippen molar-refractivity contribution in [1.82, 2.24) is 0 Å². The highest BCUT2D eigenvalue weighted by atomic mass is 79.9. The molecule has 20 heavy (non-hydrogen) atoms. The van der Waals surface area contributed by atoms with E-state index in [1.807, 2.05) is 6.07 Å². The van der Waals surface area contributed by atoms with E-state index in [2.05, 4.69) is 31.9 Å². The summed E-state index contributed by atoms with van der Waals surface area (Å²) in [6, 6.07) is 7.89. The van der Waals surface area contributed by atoms with Gasteiger partial charge in [-0.2, -0.15) is 0 Å². The summed E-state index contributed by atoms with van der Waals surface area (Å²) in [5, 5.41) is 0. The Kier molecular flexibility index (Phi) is 5.41. The molecule has 2 aromatic rings. The lowest BCUT2D eigenvalue weighted by molar-refractivity contribution is 0.288. The van der Waals surface area contributed by atoms with Gasteiger partial charge in [-0.05, 0) is 50.1 Å². The molecule has 0 aliphatic rings. The molecule has 0 aromatic heterocycles. The average molecular weight is 426 g/mol. The maximum Gasteiger partial charge on any atom is 0.146 e. The summed E-state index contributed by atoms with van der Waals surface area (Å²) in [5.74, 6) is -0.575. The van der Waals surface area contributed by atoms with E-state index in [4.69, 9.17) is 16.3 Å². The largest absolute Gasteiger partial charge is 0.487 e. The second kappa shape index (κ2) is 6.87. The van der Waals surface area contributed by atoms with Crippen molar-refractivity contribution in [2.24, 2.45) is 0 Å². The highest BCUT2D eigenvalue weighted by Gasteiger charge is 2.15. The quantitative estimate of drug-likeness (QED) is 0.443. The fourth-order valence-electron chi connectivity index (χ4n) is 1.67. The molecule has 0 amide bonds. The molecule has 0 radical (unpaired) electrons. The number of para-hydroxylation sites is 1. The molecule has 2 rings (SSSR count). The maximum absolute atomic E-state index is 13.8. The van der Waals surface area contributed by atoms with E-state index < -0.39 is 11.6 Å². The van der Waals surface area contributed by atoms with Crippen LogP contribution in [0.1, 0.15) is 11.1 Å². The van der Waals surface area contributed by atoms with Gasteiger partial charge in [-0.1, -0.05) is 12.1 Å². The Labute approximate surface area is 137 Å². The summed E-state index contributed by atoms with van der Waals surface area (Å²) >= 11 is 12.2. The van der Waals surface area contributed by atoms with Gasteiger partial charge in [-0.15, -0.1) is 11.6 Å². The van der Waals surface area contributed by atoms with Crippen molar-refractivity contribution in [2.45, 2.75) is 12.5 Å². The zero-order valence-corrected chi connectivity index (χ0v) is 14.0. The minimum atomic E-state index is -0.663. The van der Waals surface area contributed by atoms with E-state index in [0.29, 0.717) is 10.2 Å². The minimum absolute atomic E-state index is 0.129. The first-order chi connectivity index (χ1) is 9.54. The molecular weight excluding hydrogens is 417 g/mol. The monoisotopic (exact) mass is 424 g/mol. The fourth-order valence-corrected chi connectivity index (χ4v) is 2.77. The van der Waals surface area contributed by atoms with E-state index in [1.54, 1.807) is 12.1 Å². The number of halogens is 5. The van der Waals surface area contributed by atoms with Gasteiger partial charge in [0, 0.05) is 5.56 Å². The van der Waals surface area contributed by atoms with Gasteiger partial charge >= 0.3 is 0 Å². The standard InChI is InChI=1S/C14H9Br2ClF2O/c15-10-4-5-12(18)9(13(10)19)7-20-14-8(6-17)2-1-3-11(14)16/h1-5H,6-7H2. The lowest BCUT2D eigenvalue weighted by Gasteiger charge is -2.13. The molecule has 0 fully saturated rings. The molecule has 0 saturated heterocycles. The van der Waals surface area contributed by atoms with Crippen LogP contribution in [0.5, 0.6) is 5.75 Å². The van der Waals surface area contributed by atoms with Crippen LogP contribution in [0.25, 0.3) is 0 Å². The van der Waals surface area contributed by atoms with Crippen LogP contribution >= 0.6 is 43.5 Å². The van der Waals surface area contributed by atoms with Crippen molar-refractivity contribution in [1.29, 1.82) is 0 Å². The Hall–Kier alpha value is -0.650. The average Bonchev–Trinajstić information content (AvgIpc) is 2.44. The third-order valence-electron chi connectivity index (χ3n) is 2.69. The molecule has 0 aliphatic heterocycles. The summed E-state index contributed by atoms with van der Waals surface area (Å²) in [6.45, 7) is -0.219. The molecule has 0 heterocycles. The number of hydrogen-bond donors (Lipinski definition) is 0. The van der Waals surface area contributed by atoms with E-state index >= 15 is 0 Å². The summed E-state index contributed by atoms with van der Waals surface area (Å²) in [7, 11) is 0. The molecule has 0 saturated carbocycles. The molecule has 0 bridgehead atoms. The van der Waals surface area contributed by atoms with Crippen molar-refractivity contribution >= 4 is 43.5 Å². The zero-order chi connectivity index (χ0) is 14.7. The van der Waals surface area contributed by atoms with Gasteiger partial charge in [-0.3, -0.25) is 0 Å². The Morgan fingerprint density at radius 1 is 1.05 bits per heavy atom. The van der Waals surface area contributed by atoms with Gasteiger partial charge in [0.25, 0.3) is 0 Å². The predicted octanol–water partition coefficient (Wildman–Crippen LogP) is 5.81. The van der Waals surface area contributed by atoms with Crippen LogP contribution in [0.3, 0.4) is 0 Å². The highest BCUT2D eigenvalue weighted by Crippen LogP contribution is 2.31. The summed E-state index contributed by atoms with van der Waals surface area (Å²) in [5.41, 5.74) is 0.618. The lowest BCUT2D eigenvalue weighted by atomic mass is 10.2. The van der Waals surface area contributed by atoms with E-state index in [0.717, 1.165) is 5.56 Å². The van der Waals surface area contributed by atoms with Crippen LogP contribution in [0.15, 0.2) is 39.3 Å². The van der Waals surface area contributed by atoms with Crippen LogP contribution in [0, 0.1) is 11.6 Å². The number of benzene rings is 2. The SMILES string of the molecule is Fc1ccc(Br)c(F)c1COc1c(Br)cccc1CCl. The van der Waals surface area contributed by atoms with Gasteiger partial charge in [0.1, 0.15) is 24.0 Å². The Morgan fingerprint density at radius 2 is 1.80 bits per heavy atom. The van der Waals surface area contributed by atoms with E-state index in [1.165, 1.54) is 12.1 Å². The first-order valence-electron chi connectivity index (χ1n) is 5.63. The third-order valence-corrected chi connectivity index (χ3v) is 4.22. The smallest absolute Gasteiger partial charge is 0.146 e. The molecule has 0 unspecified atom stereocenters. The van der Waals surface area contributed by atoms with Crippen molar-refractivity contribution in [3.05, 3.63) is 62.0 Å². The molecule has 0 spiro atoms. The van der Waals surface area contributed by atoms with Crippen LogP contribution in [-0.4, -0.2) is 0 Å². The predicted molar refractivity (Wildman–Crippen MR) is 82.1 cm³/mol. The van der Waals surface area contributed by atoms with Crippen molar-refractivity contribution in [3.63, 3.8) is 0 Å². The zero-order valence-electron chi connectivity index (χ0n) is 10.1. The Balaban J connectivity index is 2.28. The Bertz CT molecular complexity index is 635. The number of rotatable bonds is 4. The second-order valence-corrected chi connectivity index (χ2v) is 5.95. The van der Waals surface area contributed by atoms with Gasteiger partial charge in [0.05, 0.1) is 20.4 Å². The van der Waals surface area contributed by atoms with Crippen LogP contribution in [0.2, 0.25) is 0 Å². The maximum atomic E-state index is 13.8. The van der Waals surface area contributed by atoms with Gasteiger partial charge in [0.15, 0.2) is 0 Å². The second-order valence-electron chi connectivity index (χ2n) is 3.97. The number of ether oxygens (including phenoxy) is 1. The summed E-state index contributed by atoms with van der Waals surface area (Å²) in [4.78, 5) is 0. The van der Waals surface area contributed by atoms with Crippen LogP contribution < -0.4 is 4.74 Å². The summed E-state index contributed by atoms with van der Waals surface area (Å²) < 4.78 is 33.9. The van der Waals surface area contributed by atoms with Crippen molar-refractivity contribution < 1.29 is 13.5 Å². The molecule has 2 aromatic carbocycles. The van der Waals surface area contributed by atoms with Crippen molar-refractivity contribution in [2.75, 3.05) is 0 Å². The normalized spacial score (nSPS) is 10.7. The molecular formula is C14H9Br2ClF2O. The molecule has 106 valence electrons. The van der Waals surface area contributed by atoms with Gasteiger partial charge < -0.3 is 4.74 Å². The van der Waals surface area contributed by atoms with Crippen molar-refractivity contribution in [3.8, 4) is 5.75 Å². The van der Waals surface area contributed by atoms with Gasteiger partial charge in [0.2, 0.25) is 0 Å². The lowest BCUT2D eigenvalue weighted by Crippen LogP contribution is -2.04. The summed E-state index contributed by atoms with van der Waals surface area (Å²) in [6.07, 6.45) is 0. The third kappa shape index (κ3) is 3.32. The van der Waals surface area contributed by atoms with E-state index in [-0.39, 0.29) is 22.5 Å². The molecule has 0 aliphatic carbocycles. The molecule has 0 atom stereocenters. The van der Waals surface area contributed by atoms with E-state index in [9.17, 15) is 8.78 Å².